The Kier molecular flexibility index (Phi) is 5.03. The molecule has 0 aromatic heterocycles. The van der Waals surface area contributed by atoms with E-state index < -0.39 is 11.9 Å². The molecule has 0 saturated heterocycles. The number of methoxy groups -OCH3 is 1. The minimum absolute atomic E-state index is 0.183. The smallest absolute Gasteiger partial charge is 0.397 e. The molecule has 0 fully saturated rings. The van der Waals surface area contributed by atoms with Crippen LogP contribution in [0.15, 0.2) is 48.5 Å². The average molecular weight is 339 g/mol. The zero-order valence-electron chi connectivity index (χ0n) is 14.4. The van der Waals surface area contributed by atoms with Gasteiger partial charge in [-0.15, -0.1) is 0 Å². The van der Waals surface area contributed by atoms with Gasteiger partial charge < -0.3 is 14.4 Å². The fraction of sp³-hybridized carbons (Fsp3) is 0.300. The standard InChI is InChI=1S/C20H21NO4/c1-3-25-20(23)19(22)21-12-11-15-13-16(24-2)9-10-17(15)18(21)14-7-5-4-6-8-14/h4-10,13,18H,3,11-12H2,1-2H3. The second-order valence-electron chi connectivity index (χ2n) is 5.85. The summed E-state index contributed by atoms with van der Waals surface area (Å²) in [6, 6.07) is 15.3. The molecule has 2 aromatic carbocycles. The Morgan fingerprint density at radius 3 is 2.60 bits per heavy atom. The van der Waals surface area contributed by atoms with Crippen molar-refractivity contribution in [2.24, 2.45) is 0 Å². The van der Waals surface area contributed by atoms with Crippen LogP contribution < -0.4 is 4.74 Å². The van der Waals surface area contributed by atoms with E-state index in [1.165, 1.54) is 0 Å². The summed E-state index contributed by atoms with van der Waals surface area (Å²) in [5, 5.41) is 0. The molecule has 0 saturated carbocycles. The summed E-state index contributed by atoms with van der Waals surface area (Å²) in [6.07, 6.45) is 0.668. The van der Waals surface area contributed by atoms with Gasteiger partial charge in [-0.1, -0.05) is 36.4 Å². The molecule has 1 amide bonds. The van der Waals surface area contributed by atoms with Crippen molar-refractivity contribution >= 4 is 11.9 Å². The highest BCUT2D eigenvalue weighted by Gasteiger charge is 2.35. The van der Waals surface area contributed by atoms with E-state index in [0.717, 1.165) is 22.4 Å². The van der Waals surface area contributed by atoms with Gasteiger partial charge in [-0.2, -0.15) is 0 Å². The largest absolute Gasteiger partial charge is 0.497 e. The highest BCUT2D eigenvalue weighted by atomic mass is 16.5. The number of amides is 1. The Morgan fingerprint density at radius 2 is 1.92 bits per heavy atom. The van der Waals surface area contributed by atoms with Crippen molar-refractivity contribution in [3.05, 3.63) is 65.2 Å². The van der Waals surface area contributed by atoms with E-state index in [-0.39, 0.29) is 12.6 Å². The predicted molar refractivity (Wildman–Crippen MR) is 93.3 cm³/mol. The Morgan fingerprint density at radius 1 is 1.16 bits per heavy atom. The number of benzene rings is 2. The lowest BCUT2D eigenvalue weighted by Gasteiger charge is -2.37. The van der Waals surface area contributed by atoms with Crippen molar-refractivity contribution in [3.63, 3.8) is 0 Å². The number of nitrogens with zero attached hydrogens (tertiary/aromatic N) is 1. The van der Waals surface area contributed by atoms with E-state index in [1.807, 2.05) is 48.5 Å². The number of ether oxygens (including phenoxy) is 2. The van der Waals surface area contributed by atoms with E-state index in [2.05, 4.69) is 0 Å². The maximum absolute atomic E-state index is 12.6. The van der Waals surface area contributed by atoms with E-state index in [1.54, 1.807) is 18.9 Å². The lowest BCUT2D eigenvalue weighted by Crippen LogP contribution is -2.44. The first-order valence-corrected chi connectivity index (χ1v) is 8.35. The van der Waals surface area contributed by atoms with Crippen LogP contribution in [-0.2, 0) is 20.7 Å². The van der Waals surface area contributed by atoms with Gasteiger partial charge in [-0.05, 0) is 42.2 Å². The number of rotatable bonds is 3. The Labute approximate surface area is 147 Å². The van der Waals surface area contributed by atoms with Crippen molar-refractivity contribution in [1.82, 2.24) is 4.90 Å². The van der Waals surface area contributed by atoms with Crippen molar-refractivity contribution in [2.45, 2.75) is 19.4 Å². The lowest BCUT2D eigenvalue weighted by molar-refractivity contribution is -0.161. The molecule has 0 radical (unpaired) electrons. The van der Waals surface area contributed by atoms with Crippen molar-refractivity contribution in [1.29, 1.82) is 0 Å². The summed E-state index contributed by atoms with van der Waals surface area (Å²) in [5.74, 6) is -0.617. The number of carbonyl (C=O) groups excluding carboxylic acids is 2. The molecule has 25 heavy (non-hydrogen) atoms. The first-order valence-electron chi connectivity index (χ1n) is 8.35. The molecule has 1 unspecified atom stereocenters. The summed E-state index contributed by atoms with van der Waals surface area (Å²) < 4.78 is 10.2. The van der Waals surface area contributed by atoms with E-state index in [0.29, 0.717) is 13.0 Å². The summed E-state index contributed by atoms with van der Waals surface area (Å²) >= 11 is 0. The lowest BCUT2D eigenvalue weighted by atomic mass is 9.88. The third-order valence-electron chi connectivity index (χ3n) is 4.40. The third kappa shape index (κ3) is 3.36. The molecular weight excluding hydrogens is 318 g/mol. The van der Waals surface area contributed by atoms with E-state index in [9.17, 15) is 9.59 Å². The van der Waals surface area contributed by atoms with Gasteiger partial charge in [-0.3, -0.25) is 4.79 Å². The number of esters is 1. The number of carbonyl (C=O) groups is 2. The molecule has 1 aliphatic heterocycles. The van der Waals surface area contributed by atoms with Crippen molar-refractivity contribution in [2.75, 3.05) is 20.3 Å². The normalized spacial score (nSPS) is 16.1. The molecule has 5 heteroatoms. The van der Waals surface area contributed by atoms with E-state index >= 15 is 0 Å². The fourth-order valence-corrected chi connectivity index (χ4v) is 3.25. The average Bonchev–Trinajstić information content (AvgIpc) is 2.66. The van der Waals surface area contributed by atoms with Crippen LogP contribution in [0, 0.1) is 0 Å². The van der Waals surface area contributed by atoms with Crippen LogP contribution in [-0.4, -0.2) is 37.0 Å². The highest BCUT2D eigenvalue weighted by molar-refractivity contribution is 6.32. The quantitative estimate of drug-likeness (QED) is 0.637. The molecular formula is C20H21NO4. The van der Waals surface area contributed by atoms with Gasteiger partial charge in [0.25, 0.3) is 0 Å². The zero-order chi connectivity index (χ0) is 17.8. The summed E-state index contributed by atoms with van der Waals surface area (Å²) in [4.78, 5) is 26.2. The predicted octanol–water partition coefficient (Wildman–Crippen LogP) is 2.73. The maximum atomic E-state index is 12.6. The van der Waals surface area contributed by atoms with Crippen LogP contribution in [0.2, 0.25) is 0 Å². The van der Waals surface area contributed by atoms with Crippen LogP contribution in [0.4, 0.5) is 0 Å². The molecule has 3 rings (SSSR count). The second kappa shape index (κ2) is 7.38. The summed E-state index contributed by atoms with van der Waals surface area (Å²) in [7, 11) is 1.63. The minimum Gasteiger partial charge on any atom is -0.497 e. The molecule has 1 atom stereocenters. The Balaban J connectivity index is 2.04. The van der Waals surface area contributed by atoms with Gasteiger partial charge in [0.05, 0.1) is 19.8 Å². The van der Waals surface area contributed by atoms with Gasteiger partial charge in [0.1, 0.15) is 5.75 Å². The number of fused-ring (bicyclic) bond motifs is 1. The SMILES string of the molecule is CCOC(=O)C(=O)N1CCc2cc(OC)ccc2C1c1ccccc1. The van der Waals surface area contributed by atoms with Gasteiger partial charge in [0, 0.05) is 6.54 Å². The molecule has 0 spiro atoms. The molecule has 0 aliphatic carbocycles. The molecule has 1 aliphatic rings. The second-order valence-corrected chi connectivity index (χ2v) is 5.85. The topological polar surface area (TPSA) is 55.8 Å². The van der Waals surface area contributed by atoms with Gasteiger partial charge in [-0.25, -0.2) is 4.79 Å². The molecule has 5 nitrogen and oxygen atoms in total. The van der Waals surface area contributed by atoms with Crippen LogP contribution in [0.25, 0.3) is 0 Å². The molecule has 130 valence electrons. The number of hydrogen-bond acceptors (Lipinski definition) is 4. The monoisotopic (exact) mass is 339 g/mol. The van der Waals surface area contributed by atoms with Crippen LogP contribution in [0.1, 0.15) is 29.7 Å². The molecule has 1 heterocycles. The van der Waals surface area contributed by atoms with Crippen molar-refractivity contribution < 1.29 is 19.1 Å². The Hall–Kier alpha value is -2.82. The molecule has 2 aromatic rings. The minimum atomic E-state index is -0.805. The molecule has 0 bridgehead atoms. The third-order valence-corrected chi connectivity index (χ3v) is 4.40. The van der Waals surface area contributed by atoms with Crippen LogP contribution in [0.5, 0.6) is 5.75 Å². The van der Waals surface area contributed by atoms with Gasteiger partial charge >= 0.3 is 11.9 Å². The van der Waals surface area contributed by atoms with Gasteiger partial charge in [0.15, 0.2) is 0 Å². The first kappa shape index (κ1) is 17.0. The Bertz CT molecular complexity index is 773. The fourth-order valence-electron chi connectivity index (χ4n) is 3.25. The van der Waals surface area contributed by atoms with Crippen LogP contribution in [0.3, 0.4) is 0 Å². The summed E-state index contributed by atoms with van der Waals surface area (Å²) in [6.45, 7) is 2.33. The van der Waals surface area contributed by atoms with Crippen LogP contribution >= 0.6 is 0 Å². The maximum Gasteiger partial charge on any atom is 0.397 e. The first-order chi connectivity index (χ1) is 12.2. The number of hydrogen-bond donors (Lipinski definition) is 0. The zero-order valence-corrected chi connectivity index (χ0v) is 14.4. The van der Waals surface area contributed by atoms with Crippen molar-refractivity contribution in [3.8, 4) is 5.75 Å². The highest BCUT2D eigenvalue weighted by Crippen LogP contribution is 2.36. The van der Waals surface area contributed by atoms with Gasteiger partial charge in [0.2, 0.25) is 0 Å². The summed E-state index contributed by atoms with van der Waals surface area (Å²) in [5.41, 5.74) is 3.10. The molecule has 0 N–H and O–H groups in total. The van der Waals surface area contributed by atoms with E-state index in [4.69, 9.17) is 9.47 Å².